The second-order valence-corrected chi connectivity index (χ2v) is 3.37. The van der Waals surface area contributed by atoms with Gasteiger partial charge in [0.25, 0.3) is 0 Å². The maximum absolute atomic E-state index is 10.8. The maximum atomic E-state index is 10.8. The molecule has 0 fully saturated rings. The summed E-state index contributed by atoms with van der Waals surface area (Å²) in [4.78, 5) is 15.4. The minimum absolute atomic E-state index is 0.493. The van der Waals surface area contributed by atoms with E-state index in [4.69, 9.17) is 4.74 Å². The van der Waals surface area contributed by atoms with Crippen molar-refractivity contribution >= 4 is 6.16 Å². The van der Waals surface area contributed by atoms with Crippen molar-refractivity contribution in [3.05, 3.63) is 0 Å². The molecule has 0 radical (unpaired) electrons. The quantitative estimate of drug-likeness (QED) is 0.430. The van der Waals surface area contributed by atoms with Gasteiger partial charge in [0.05, 0.1) is 0 Å². The van der Waals surface area contributed by atoms with E-state index in [2.05, 4.69) is 4.84 Å². The number of carbonyl (C=O) groups excluding carboxylic acids is 1. The second-order valence-electron chi connectivity index (χ2n) is 3.37. The Bertz CT molecular complexity index is 137. The zero-order valence-electron chi connectivity index (χ0n) is 7.67. The first-order valence-corrected chi connectivity index (χ1v) is 3.39. The maximum Gasteiger partial charge on any atom is 0.528 e. The molecule has 0 spiro atoms. The first-order chi connectivity index (χ1) is 4.81. The van der Waals surface area contributed by atoms with Crippen LogP contribution >= 0.6 is 0 Å². The van der Waals surface area contributed by atoms with E-state index in [1.807, 2.05) is 0 Å². The van der Waals surface area contributed by atoms with Crippen LogP contribution < -0.4 is 0 Å². The first kappa shape index (κ1) is 10.2. The van der Waals surface area contributed by atoms with Gasteiger partial charge in [-0.25, -0.2) is 4.79 Å². The van der Waals surface area contributed by atoms with E-state index in [1.54, 1.807) is 34.9 Å². The first-order valence-electron chi connectivity index (χ1n) is 3.39. The van der Waals surface area contributed by atoms with E-state index in [-0.39, 0.29) is 0 Å². The third-order valence-electron chi connectivity index (χ3n) is 0.647. The van der Waals surface area contributed by atoms with Crippen molar-refractivity contribution in [2.24, 2.45) is 0 Å². The molecule has 0 aliphatic rings. The molecule has 0 aromatic carbocycles. The minimum atomic E-state index is -0.678. The predicted molar refractivity (Wildman–Crippen MR) is 41.0 cm³/mol. The van der Waals surface area contributed by atoms with Crippen molar-refractivity contribution in [3.8, 4) is 0 Å². The summed E-state index contributed by atoms with van der Waals surface area (Å²) in [6.45, 7) is 5.35. The molecular formula is C7H15NO3. The molecule has 0 heterocycles. The summed E-state index contributed by atoms with van der Waals surface area (Å²) in [5.74, 6) is 0. The number of carbonyl (C=O) groups is 1. The van der Waals surface area contributed by atoms with Gasteiger partial charge in [-0.2, -0.15) is 0 Å². The Balaban J connectivity index is 3.71. The molecule has 0 saturated carbocycles. The van der Waals surface area contributed by atoms with Crippen LogP contribution in [0.4, 0.5) is 4.79 Å². The molecule has 0 saturated heterocycles. The van der Waals surface area contributed by atoms with E-state index in [9.17, 15) is 4.79 Å². The highest BCUT2D eigenvalue weighted by atomic mass is 16.8. The molecule has 0 amide bonds. The monoisotopic (exact) mass is 161 g/mol. The van der Waals surface area contributed by atoms with Crippen molar-refractivity contribution < 1.29 is 14.4 Å². The fourth-order valence-corrected chi connectivity index (χ4v) is 0.418. The zero-order valence-corrected chi connectivity index (χ0v) is 7.67. The van der Waals surface area contributed by atoms with Gasteiger partial charge in [0.15, 0.2) is 0 Å². The van der Waals surface area contributed by atoms with Gasteiger partial charge < -0.3 is 9.57 Å². The lowest BCUT2D eigenvalue weighted by Crippen LogP contribution is -2.28. The summed E-state index contributed by atoms with van der Waals surface area (Å²) >= 11 is 0. The van der Waals surface area contributed by atoms with Gasteiger partial charge in [0, 0.05) is 14.1 Å². The van der Waals surface area contributed by atoms with E-state index in [0.29, 0.717) is 0 Å². The van der Waals surface area contributed by atoms with Crippen LogP contribution in [-0.2, 0) is 9.57 Å². The van der Waals surface area contributed by atoms with Crippen molar-refractivity contribution in [2.75, 3.05) is 14.1 Å². The highest BCUT2D eigenvalue weighted by molar-refractivity contribution is 5.59. The van der Waals surface area contributed by atoms with Gasteiger partial charge >= 0.3 is 6.16 Å². The van der Waals surface area contributed by atoms with Gasteiger partial charge in [0.2, 0.25) is 0 Å². The predicted octanol–water partition coefficient (Wildman–Crippen LogP) is 1.41. The number of hydrogen-bond donors (Lipinski definition) is 0. The van der Waals surface area contributed by atoms with E-state index < -0.39 is 11.8 Å². The Kier molecular flexibility index (Phi) is 3.32. The highest BCUT2D eigenvalue weighted by Gasteiger charge is 2.17. The third kappa shape index (κ3) is 7.12. The van der Waals surface area contributed by atoms with Gasteiger partial charge in [-0.1, -0.05) is 0 Å². The lowest BCUT2D eigenvalue weighted by molar-refractivity contribution is -0.112. The lowest BCUT2D eigenvalue weighted by Gasteiger charge is -2.19. The van der Waals surface area contributed by atoms with Gasteiger partial charge in [-0.15, -0.1) is 5.06 Å². The molecule has 0 N–H and O–H groups in total. The van der Waals surface area contributed by atoms with Crippen molar-refractivity contribution in [1.29, 1.82) is 0 Å². The number of hydrogen-bond acceptors (Lipinski definition) is 4. The molecule has 0 rings (SSSR count). The number of nitrogens with zero attached hydrogens (tertiary/aromatic N) is 1. The van der Waals surface area contributed by atoms with Gasteiger partial charge in [0.1, 0.15) is 5.60 Å². The molecule has 0 aliphatic carbocycles. The van der Waals surface area contributed by atoms with Gasteiger partial charge in [-0.05, 0) is 20.8 Å². The molecule has 0 bridgehead atoms. The van der Waals surface area contributed by atoms with Crippen LogP contribution in [0.3, 0.4) is 0 Å². The van der Waals surface area contributed by atoms with Crippen LogP contribution in [0.25, 0.3) is 0 Å². The average molecular weight is 161 g/mol. The summed E-state index contributed by atoms with van der Waals surface area (Å²) in [6.07, 6.45) is -0.678. The fraction of sp³-hybridized carbons (Fsp3) is 0.857. The molecule has 11 heavy (non-hydrogen) atoms. The van der Waals surface area contributed by atoms with Crippen LogP contribution in [0.15, 0.2) is 0 Å². The molecule has 0 aromatic heterocycles. The van der Waals surface area contributed by atoms with E-state index >= 15 is 0 Å². The molecule has 0 atom stereocenters. The number of hydroxylamine groups is 2. The number of rotatable bonds is 1. The molecule has 4 heteroatoms. The van der Waals surface area contributed by atoms with Crippen molar-refractivity contribution in [1.82, 2.24) is 5.06 Å². The minimum Gasteiger partial charge on any atom is -0.427 e. The summed E-state index contributed by atoms with van der Waals surface area (Å²) in [6, 6.07) is 0. The largest absolute Gasteiger partial charge is 0.528 e. The van der Waals surface area contributed by atoms with Crippen LogP contribution in [0, 0.1) is 0 Å². The Labute approximate surface area is 67.0 Å². The smallest absolute Gasteiger partial charge is 0.427 e. The van der Waals surface area contributed by atoms with Crippen LogP contribution in [0.2, 0.25) is 0 Å². The summed E-state index contributed by atoms with van der Waals surface area (Å²) < 4.78 is 4.85. The molecule has 66 valence electrons. The average Bonchev–Trinajstić information content (AvgIpc) is 1.53. The topological polar surface area (TPSA) is 38.8 Å². The second kappa shape index (κ2) is 3.57. The Morgan fingerprint density at radius 3 is 2.00 bits per heavy atom. The highest BCUT2D eigenvalue weighted by Crippen LogP contribution is 2.07. The molecule has 0 aromatic rings. The molecule has 0 aliphatic heterocycles. The molecule has 4 nitrogen and oxygen atoms in total. The zero-order chi connectivity index (χ0) is 9.07. The third-order valence-corrected chi connectivity index (χ3v) is 0.647. The Morgan fingerprint density at radius 1 is 1.27 bits per heavy atom. The van der Waals surface area contributed by atoms with Crippen molar-refractivity contribution in [3.63, 3.8) is 0 Å². The SMILES string of the molecule is CN(C)OC(=O)OC(C)(C)C. The van der Waals surface area contributed by atoms with Crippen molar-refractivity contribution in [2.45, 2.75) is 26.4 Å². The Morgan fingerprint density at radius 2 is 1.73 bits per heavy atom. The van der Waals surface area contributed by atoms with Crippen LogP contribution in [0.1, 0.15) is 20.8 Å². The van der Waals surface area contributed by atoms with E-state index in [0.717, 1.165) is 0 Å². The molecular weight excluding hydrogens is 146 g/mol. The van der Waals surface area contributed by atoms with E-state index in [1.165, 1.54) is 5.06 Å². The van der Waals surface area contributed by atoms with Gasteiger partial charge in [-0.3, -0.25) is 0 Å². The standard InChI is InChI=1S/C7H15NO3/c1-7(2,3)10-6(9)11-8(4)5/h1-5H3. The van der Waals surface area contributed by atoms with Crippen LogP contribution in [0.5, 0.6) is 0 Å². The fourth-order valence-electron chi connectivity index (χ4n) is 0.418. The molecule has 0 unspecified atom stereocenters. The summed E-state index contributed by atoms with van der Waals surface area (Å²) in [7, 11) is 3.23. The Hall–Kier alpha value is -0.770. The number of ether oxygens (including phenoxy) is 1. The summed E-state index contributed by atoms with van der Waals surface area (Å²) in [5, 5.41) is 1.29. The summed E-state index contributed by atoms with van der Waals surface area (Å²) in [5.41, 5.74) is -0.493. The van der Waals surface area contributed by atoms with Crippen LogP contribution in [-0.4, -0.2) is 30.9 Å². The normalized spacial score (nSPS) is 11.5. The lowest BCUT2D eigenvalue weighted by atomic mass is 10.2.